The first-order valence-corrected chi connectivity index (χ1v) is 21.8. The van der Waals surface area contributed by atoms with Crippen LogP contribution >= 0.6 is 0 Å². The Morgan fingerprint density at radius 1 is 0.978 bits per heavy atom. The van der Waals surface area contributed by atoms with Crippen molar-refractivity contribution in [1.82, 2.24) is 5.32 Å². The maximum absolute atomic E-state index is 13.2. The van der Waals surface area contributed by atoms with Gasteiger partial charge in [0.15, 0.2) is 22.4 Å². The molecule has 12 heteroatoms. The molecular formula is C33H61NO9Si2. The summed E-state index contributed by atoms with van der Waals surface area (Å²) in [4.78, 5) is 13.2. The highest BCUT2D eigenvalue weighted by Gasteiger charge is 2.51. The molecule has 0 aliphatic carbocycles. The fourth-order valence-electron chi connectivity index (χ4n) is 4.46. The molecule has 0 radical (unpaired) electrons. The summed E-state index contributed by atoms with van der Waals surface area (Å²) < 4.78 is 42.8. The summed E-state index contributed by atoms with van der Waals surface area (Å²) in [5.41, 5.74) is 0.844. The summed E-state index contributed by atoms with van der Waals surface area (Å²) in [5.74, 6) is -0.949. The third kappa shape index (κ3) is 12.0. The molecule has 0 aromatic heterocycles. The predicted molar refractivity (Wildman–Crippen MR) is 181 cm³/mol. The lowest BCUT2D eigenvalue weighted by atomic mass is 9.95. The number of hydrogen-bond acceptors (Lipinski definition) is 9. The molecule has 0 unspecified atom stereocenters. The van der Waals surface area contributed by atoms with Gasteiger partial charge < -0.3 is 43.0 Å². The van der Waals surface area contributed by atoms with Crippen LogP contribution in [0.25, 0.3) is 0 Å². The minimum atomic E-state index is -2.13. The Balaban J connectivity index is 2.37. The molecule has 1 aromatic carbocycles. The highest BCUT2D eigenvalue weighted by atomic mass is 28.4. The molecule has 1 aliphatic rings. The quantitative estimate of drug-likeness (QED) is 0.149. The lowest BCUT2D eigenvalue weighted by Crippen LogP contribution is -2.59. The lowest BCUT2D eigenvalue weighted by molar-refractivity contribution is -0.179. The number of hydrogen-bond donors (Lipinski definition) is 2. The van der Waals surface area contributed by atoms with Crippen LogP contribution in [-0.4, -0.2) is 91.2 Å². The number of benzene rings is 1. The molecule has 1 heterocycles. The Morgan fingerprint density at radius 3 is 2.11 bits per heavy atom. The van der Waals surface area contributed by atoms with Gasteiger partial charge in [0.1, 0.15) is 31.7 Å². The second-order valence-electron chi connectivity index (χ2n) is 15.4. The third-order valence-corrected chi connectivity index (χ3v) is 18.3. The fourth-order valence-corrected chi connectivity index (χ4v) is 6.53. The predicted octanol–water partition coefficient (Wildman–Crippen LogP) is 6.59. The summed E-state index contributed by atoms with van der Waals surface area (Å²) in [7, 11) is -2.68. The second-order valence-corrected chi connectivity index (χ2v) is 25.1. The molecule has 1 aliphatic heterocycles. The molecule has 0 bridgehead atoms. The largest absolute Gasteiger partial charge is 0.445 e. The molecule has 45 heavy (non-hydrogen) atoms. The Kier molecular flexibility index (Phi) is 14.3. The summed E-state index contributed by atoms with van der Waals surface area (Å²) in [6.45, 7) is 26.0. The van der Waals surface area contributed by atoms with E-state index in [-0.39, 0.29) is 36.5 Å². The van der Waals surface area contributed by atoms with Crippen molar-refractivity contribution in [3.63, 3.8) is 0 Å². The van der Waals surface area contributed by atoms with Crippen molar-refractivity contribution in [2.75, 3.05) is 27.1 Å². The zero-order valence-corrected chi connectivity index (χ0v) is 32.0. The molecule has 1 aromatic rings. The van der Waals surface area contributed by atoms with Crippen LogP contribution in [0.3, 0.4) is 0 Å². The van der Waals surface area contributed by atoms with Gasteiger partial charge in [-0.3, -0.25) is 0 Å². The average Bonchev–Trinajstić information content (AvgIpc) is 3.23. The summed E-state index contributed by atoms with van der Waals surface area (Å²) >= 11 is 0. The number of ether oxygens (including phenoxy) is 5. The number of aliphatic hydroxyl groups is 1. The minimum Gasteiger partial charge on any atom is -0.445 e. The number of carbonyl (C=O) groups is 1. The summed E-state index contributed by atoms with van der Waals surface area (Å²) in [6.07, 6.45) is -3.59. The van der Waals surface area contributed by atoms with E-state index in [1.54, 1.807) is 0 Å². The zero-order chi connectivity index (χ0) is 34.3. The number of aliphatic hydroxyl groups excluding tert-OH is 1. The maximum Gasteiger partial charge on any atom is 0.407 e. The number of methoxy groups -OCH3 is 1. The maximum atomic E-state index is 13.2. The van der Waals surface area contributed by atoms with Crippen molar-refractivity contribution in [1.29, 1.82) is 0 Å². The fraction of sp³-hybridized carbons (Fsp3) is 0.788. The van der Waals surface area contributed by atoms with Gasteiger partial charge in [-0.05, 0) is 62.1 Å². The van der Waals surface area contributed by atoms with E-state index in [9.17, 15) is 9.90 Å². The first-order chi connectivity index (χ1) is 20.6. The molecule has 2 rings (SSSR count). The molecule has 1 amide bonds. The number of nitrogens with one attached hydrogen (secondary N) is 1. The molecule has 2 N–H and O–H groups in total. The van der Waals surface area contributed by atoms with Crippen LogP contribution in [0, 0.1) is 0 Å². The van der Waals surface area contributed by atoms with Crippen LogP contribution in [-0.2, 0) is 39.1 Å². The van der Waals surface area contributed by atoms with Crippen LogP contribution in [0.5, 0.6) is 0 Å². The van der Waals surface area contributed by atoms with Crippen molar-refractivity contribution in [2.45, 2.75) is 141 Å². The van der Waals surface area contributed by atoms with Crippen molar-refractivity contribution >= 4 is 22.7 Å². The average molecular weight is 672 g/mol. The molecule has 1 saturated heterocycles. The van der Waals surface area contributed by atoms with Gasteiger partial charge in [0, 0.05) is 13.7 Å². The number of amides is 1. The first kappa shape index (κ1) is 39.8. The first-order valence-electron chi connectivity index (χ1n) is 16.0. The Hall–Kier alpha value is -1.36. The van der Waals surface area contributed by atoms with Gasteiger partial charge in [-0.25, -0.2) is 4.79 Å². The minimum absolute atomic E-state index is 0.00360. The van der Waals surface area contributed by atoms with Crippen LogP contribution in [0.15, 0.2) is 30.3 Å². The molecule has 0 saturated carbocycles. The van der Waals surface area contributed by atoms with Crippen LogP contribution in [0.4, 0.5) is 4.79 Å². The number of carbonyl (C=O) groups excluding carboxylic acids is 1. The van der Waals surface area contributed by atoms with Gasteiger partial charge in [0.25, 0.3) is 0 Å². The van der Waals surface area contributed by atoms with Gasteiger partial charge in [0.05, 0.1) is 18.8 Å². The van der Waals surface area contributed by atoms with Crippen molar-refractivity contribution in [3.8, 4) is 0 Å². The van der Waals surface area contributed by atoms with Gasteiger partial charge in [-0.1, -0.05) is 71.9 Å². The molecule has 5 atom stereocenters. The van der Waals surface area contributed by atoms with E-state index < -0.39 is 59.0 Å². The number of rotatable bonds is 16. The standard InChI is InChI=1S/C33H61NO9Si2/c1-31(2,3)44(10,11)40-20-19-25(35)27(34-30(36)38-21-24-17-15-14-16-18-24)29(39-23-37-9)28-26(42-33(7,8)43-28)22-41-45(12,13)32(4,5)6/h14-18,25-29,35H,19-23H2,1-13H3,(H,34,36)/t25-,26+,27-,28-,29-/m1/s1. The lowest BCUT2D eigenvalue weighted by Gasteiger charge is -2.39. The monoisotopic (exact) mass is 671 g/mol. The Bertz CT molecular complexity index is 1040. The van der Waals surface area contributed by atoms with Crippen molar-refractivity contribution < 1.29 is 42.4 Å². The van der Waals surface area contributed by atoms with E-state index in [1.807, 2.05) is 44.2 Å². The molecular weight excluding hydrogens is 611 g/mol. The van der Waals surface area contributed by atoms with E-state index in [0.717, 1.165) is 5.56 Å². The van der Waals surface area contributed by atoms with Gasteiger partial charge in [-0.15, -0.1) is 0 Å². The van der Waals surface area contributed by atoms with E-state index in [0.29, 0.717) is 6.61 Å². The number of alkyl carbamates (subject to hydrolysis) is 1. The molecule has 10 nitrogen and oxygen atoms in total. The summed E-state index contributed by atoms with van der Waals surface area (Å²) in [5, 5.41) is 14.6. The van der Waals surface area contributed by atoms with Crippen LogP contribution < -0.4 is 5.32 Å². The third-order valence-electron chi connectivity index (χ3n) is 9.29. The molecule has 0 spiro atoms. The topological polar surface area (TPSA) is 114 Å². The SMILES string of the molecule is COCO[C@H]([C@H](NC(=O)OCc1ccccc1)[C@H](O)CCO[Si](C)(C)C(C)(C)C)[C@@H]1OC(C)(C)O[C@H]1CO[Si](C)(C)C(C)(C)C. The zero-order valence-electron chi connectivity index (χ0n) is 30.0. The van der Waals surface area contributed by atoms with E-state index in [4.69, 9.17) is 32.5 Å². The highest BCUT2D eigenvalue weighted by Crippen LogP contribution is 2.39. The van der Waals surface area contributed by atoms with E-state index in [1.165, 1.54) is 7.11 Å². The molecule has 260 valence electrons. The van der Waals surface area contributed by atoms with E-state index in [2.05, 4.69) is 73.0 Å². The van der Waals surface area contributed by atoms with Crippen LogP contribution in [0.1, 0.15) is 67.4 Å². The smallest absolute Gasteiger partial charge is 0.407 e. The van der Waals surface area contributed by atoms with Gasteiger partial charge >= 0.3 is 6.09 Å². The van der Waals surface area contributed by atoms with Crippen molar-refractivity contribution in [3.05, 3.63) is 35.9 Å². The van der Waals surface area contributed by atoms with Gasteiger partial charge in [0.2, 0.25) is 0 Å². The van der Waals surface area contributed by atoms with E-state index >= 15 is 0 Å². The summed E-state index contributed by atoms with van der Waals surface area (Å²) in [6, 6.07) is 8.47. The Morgan fingerprint density at radius 2 is 1.56 bits per heavy atom. The Labute approximate surface area is 274 Å². The normalized spacial score (nSPS) is 21.3. The second kappa shape index (κ2) is 16.2. The highest BCUT2D eigenvalue weighted by molar-refractivity contribution is 6.74. The molecule has 1 fully saturated rings. The van der Waals surface area contributed by atoms with Crippen LogP contribution in [0.2, 0.25) is 36.3 Å². The van der Waals surface area contributed by atoms with Crippen molar-refractivity contribution in [2.24, 2.45) is 0 Å². The van der Waals surface area contributed by atoms with Gasteiger partial charge in [-0.2, -0.15) is 0 Å².